The van der Waals surface area contributed by atoms with E-state index in [1.54, 1.807) is 0 Å². The number of carbonyl (C=O) groups excluding carboxylic acids is 2. The van der Waals surface area contributed by atoms with Crippen molar-refractivity contribution in [3.8, 4) is 5.75 Å². The molecule has 0 heterocycles. The summed E-state index contributed by atoms with van der Waals surface area (Å²) < 4.78 is 4.84. The molecule has 1 aromatic rings. The molecule has 0 atom stereocenters. The van der Waals surface area contributed by atoms with Crippen LogP contribution in [0, 0.1) is 5.92 Å². The molecule has 0 unspecified atom stereocenters. The quantitative estimate of drug-likeness (QED) is 0.768. The summed E-state index contributed by atoms with van der Waals surface area (Å²) in [4.78, 5) is 23.0. The molecule has 0 spiro atoms. The van der Waals surface area contributed by atoms with Gasteiger partial charge in [0.15, 0.2) is 6.61 Å². The number of esters is 1. The van der Waals surface area contributed by atoms with Gasteiger partial charge in [0.2, 0.25) is 0 Å². The van der Waals surface area contributed by atoms with Crippen LogP contribution in [0.4, 0.5) is 0 Å². The number of benzene rings is 1. The third-order valence-corrected chi connectivity index (χ3v) is 2.46. The van der Waals surface area contributed by atoms with E-state index in [2.05, 4.69) is 19.2 Å². The van der Waals surface area contributed by atoms with E-state index in [1.807, 2.05) is 0 Å². The highest BCUT2D eigenvalue weighted by molar-refractivity contribution is 5.91. The van der Waals surface area contributed by atoms with Crippen LogP contribution in [0.5, 0.6) is 5.75 Å². The summed E-state index contributed by atoms with van der Waals surface area (Å²) >= 11 is 0. The fraction of sp³-hybridized carbons (Fsp3) is 0.429. The number of rotatable bonds is 6. The van der Waals surface area contributed by atoms with E-state index in [0.717, 1.165) is 6.42 Å². The molecule has 5 nitrogen and oxygen atoms in total. The molecule has 1 amide bonds. The normalized spacial score (nSPS) is 10.3. The molecule has 2 N–H and O–H groups in total. The van der Waals surface area contributed by atoms with Gasteiger partial charge < -0.3 is 15.2 Å². The Balaban J connectivity index is 2.32. The molecule has 1 rings (SSSR count). The average Bonchev–Trinajstić information content (AvgIpc) is 2.35. The predicted molar refractivity (Wildman–Crippen MR) is 70.9 cm³/mol. The van der Waals surface area contributed by atoms with Gasteiger partial charge in [-0.25, -0.2) is 4.79 Å². The number of nitrogens with one attached hydrogen (secondary N) is 1. The molecule has 1 aromatic carbocycles. The first-order valence-corrected chi connectivity index (χ1v) is 6.22. The molecule has 0 aromatic heterocycles. The minimum absolute atomic E-state index is 0.0177. The monoisotopic (exact) mass is 265 g/mol. The first kappa shape index (κ1) is 15.0. The fourth-order valence-electron chi connectivity index (χ4n) is 1.40. The molecule has 104 valence electrons. The molecule has 0 saturated heterocycles. The molecule has 19 heavy (non-hydrogen) atoms. The number of phenolic OH excluding ortho intramolecular Hbond substituents is 1. The van der Waals surface area contributed by atoms with E-state index >= 15 is 0 Å². The number of hydrogen-bond acceptors (Lipinski definition) is 4. The lowest BCUT2D eigenvalue weighted by atomic mass is 10.1. The van der Waals surface area contributed by atoms with Crippen LogP contribution in [0.3, 0.4) is 0 Å². The minimum Gasteiger partial charge on any atom is -0.508 e. The lowest BCUT2D eigenvalue weighted by molar-refractivity contribution is -0.124. The van der Waals surface area contributed by atoms with Crippen molar-refractivity contribution >= 4 is 11.9 Å². The van der Waals surface area contributed by atoms with Gasteiger partial charge in [-0.05, 0) is 30.5 Å². The number of carbonyl (C=O) groups is 2. The van der Waals surface area contributed by atoms with Crippen molar-refractivity contribution in [1.29, 1.82) is 0 Å². The summed E-state index contributed by atoms with van der Waals surface area (Å²) in [6, 6.07) is 5.79. The maximum Gasteiger partial charge on any atom is 0.338 e. The number of phenols is 1. The molecule has 5 heteroatoms. The zero-order valence-corrected chi connectivity index (χ0v) is 11.2. The Kier molecular flexibility index (Phi) is 5.85. The Bertz CT molecular complexity index is 443. The molecule has 0 bridgehead atoms. The van der Waals surface area contributed by atoms with Crippen LogP contribution in [-0.2, 0) is 9.53 Å². The van der Waals surface area contributed by atoms with Crippen LogP contribution in [0.1, 0.15) is 30.6 Å². The smallest absolute Gasteiger partial charge is 0.338 e. The van der Waals surface area contributed by atoms with Crippen molar-refractivity contribution in [3.63, 3.8) is 0 Å². The van der Waals surface area contributed by atoms with Crippen LogP contribution in [0.15, 0.2) is 24.3 Å². The van der Waals surface area contributed by atoms with Crippen LogP contribution in [0.2, 0.25) is 0 Å². The summed E-state index contributed by atoms with van der Waals surface area (Å²) in [6.07, 6.45) is 0.881. The summed E-state index contributed by atoms with van der Waals surface area (Å²) in [5.41, 5.74) is 0.218. The molecule has 0 aliphatic carbocycles. The van der Waals surface area contributed by atoms with Gasteiger partial charge >= 0.3 is 5.97 Å². The Hall–Kier alpha value is -2.04. The summed E-state index contributed by atoms with van der Waals surface area (Å²) in [6.45, 7) is 4.38. The second-order valence-corrected chi connectivity index (χ2v) is 4.66. The summed E-state index contributed by atoms with van der Waals surface area (Å²) in [7, 11) is 0. The predicted octanol–water partition coefficient (Wildman–Crippen LogP) is 1.71. The SMILES string of the molecule is CC(C)CCNC(=O)COC(=O)c1cccc(O)c1. The maximum atomic E-state index is 11.6. The van der Waals surface area contributed by atoms with E-state index in [0.29, 0.717) is 12.5 Å². The van der Waals surface area contributed by atoms with Gasteiger partial charge in [-0.2, -0.15) is 0 Å². The maximum absolute atomic E-state index is 11.6. The second-order valence-electron chi connectivity index (χ2n) is 4.66. The number of ether oxygens (including phenoxy) is 1. The highest BCUT2D eigenvalue weighted by Gasteiger charge is 2.10. The fourth-order valence-corrected chi connectivity index (χ4v) is 1.40. The largest absolute Gasteiger partial charge is 0.508 e. The number of amides is 1. The van der Waals surface area contributed by atoms with Crippen LogP contribution >= 0.6 is 0 Å². The Morgan fingerprint density at radius 1 is 1.37 bits per heavy atom. The Labute approximate surface area is 112 Å². The molecule has 0 fully saturated rings. The van der Waals surface area contributed by atoms with Gasteiger partial charge in [0.05, 0.1) is 5.56 Å². The van der Waals surface area contributed by atoms with Crippen molar-refractivity contribution in [3.05, 3.63) is 29.8 Å². The van der Waals surface area contributed by atoms with Crippen molar-refractivity contribution < 1.29 is 19.4 Å². The molecule has 0 aliphatic heterocycles. The summed E-state index contributed by atoms with van der Waals surface area (Å²) in [5.74, 6) is -0.463. The van der Waals surface area contributed by atoms with Gasteiger partial charge in [0.1, 0.15) is 5.75 Å². The van der Waals surface area contributed by atoms with Crippen molar-refractivity contribution in [1.82, 2.24) is 5.32 Å². The van der Waals surface area contributed by atoms with E-state index in [9.17, 15) is 14.7 Å². The topological polar surface area (TPSA) is 75.6 Å². The van der Waals surface area contributed by atoms with Gasteiger partial charge in [-0.3, -0.25) is 4.79 Å². The molecular weight excluding hydrogens is 246 g/mol. The van der Waals surface area contributed by atoms with Crippen LogP contribution in [0.25, 0.3) is 0 Å². The highest BCUT2D eigenvalue weighted by atomic mass is 16.5. The first-order chi connectivity index (χ1) is 8.99. The Morgan fingerprint density at radius 2 is 2.11 bits per heavy atom. The van der Waals surface area contributed by atoms with E-state index in [-0.39, 0.29) is 23.8 Å². The second kappa shape index (κ2) is 7.41. The van der Waals surface area contributed by atoms with Crippen molar-refractivity contribution in [2.45, 2.75) is 20.3 Å². The molecule has 0 saturated carbocycles. The van der Waals surface area contributed by atoms with Gasteiger partial charge in [-0.15, -0.1) is 0 Å². The molecular formula is C14H19NO4. The third kappa shape index (κ3) is 5.90. The van der Waals surface area contributed by atoms with Crippen molar-refractivity contribution in [2.75, 3.05) is 13.2 Å². The van der Waals surface area contributed by atoms with Crippen molar-refractivity contribution in [2.24, 2.45) is 5.92 Å². The molecule has 0 radical (unpaired) electrons. The van der Waals surface area contributed by atoms with E-state index in [4.69, 9.17) is 4.74 Å². The van der Waals surface area contributed by atoms with Gasteiger partial charge in [0, 0.05) is 6.54 Å². The van der Waals surface area contributed by atoms with Crippen LogP contribution in [-0.4, -0.2) is 30.1 Å². The number of aromatic hydroxyl groups is 1. The lowest BCUT2D eigenvalue weighted by Crippen LogP contribution is -2.30. The number of hydrogen-bond donors (Lipinski definition) is 2. The molecule has 0 aliphatic rings. The lowest BCUT2D eigenvalue weighted by Gasteiger charge is -2.08. The van der Waals surface area contributed by atoms with Gasteiger partial charge in [-0.1, -0.05) is 19.9 Å². The minimum atomic E-state index is -0.630. The van der Waals surface area contributed by atoms with E-state index in [1.165, 1.54) is 24.3 Å². The average molecular weight is 265 g/mol. The van der Waals surface area contributed by atoms with Crippen LogP contribution < -0.4 is 5.32 Å². The Morgan fingerprint density at radius 3 is 2.74 bits per heavy atom. The van der Waals surface area contributed by atoms with E-state index < -0.39 is 5.97 Å². The first-order valence-electron chi connectivity index (χ1n) is 6.22. The highest BCUT2D eigenvalue weighted by Crippen LogP contribution is 2.11. The zero-order valence-electron chi connectivity index (χ0n) is 11.2. The summed E-state index contributed by atoms with van der Waals surface area (Å²) in [5, 5.41) is 11.9. The van der Waals surface area contributed by atoms with Gasteiger partial charge in [0.25, 0.3) is 5.91 Å². The standard InChI is InChI=1S/C14H19NO4/c1-10(2)6-7-15-13(17)9-19-14(18)11-4-3-5-12(16)8-11/h3-5,8,10,16H,6-7,9H2,1-2H3,(H,15,17). The zero-order chi connectivity index (χ0) is 14.3. The third-order valence-electron chi connectivity index (χ3n) is 2.46.